The number of methoxy groups -OCH3 is 1. The minimum Gasteiger partial charge on any atom is -0.496 e. The van der Waals surface area contributed by atoms with Crippen LogP contribution in [-0.2, 0) is 24.3 Å². The second-order valence-electron chi connectivity index (χ2n) is 7.22. The number of carbonyl (C=O) groups excluding carboxylic acids is 1. The Hall–Kier alpha value is -3.12. The first-order chi connectivity index (χ1) is 14.2. The van der Waals surface area contributed by atoms with Gasteiger partial charge in [-0.15, -0.1) is 0 Å². The van der Waals surface area contributed by atoms with Gasteiger partial charge >= 0.3 is 0 Å². The van der Waals surface area contributed by atoms with E-state index in [4.69, 9.17) is 4.74 Å². The lowest BCUT2D eigenvalue weighted by molar-refractivity contribution is -0.132. The van der Waals surface area contributed by atoms with E-state index in [1.165, 1.54) is 0 Å². The average Bonchev–Trinajstić information content (AvgIpc) is 3.21. The molecular formula is C23H25N3O3. The fraction of sp³-hybridized carbons (Fsp3) is 0.304. The number of hydrogen-bond donors (Lipinski definition) is 1. The molecule has 0 bridgehead atoms. The second kappa shape index (κ2) is 8.49. The zero-order valence-electron chi connectivity index (χ0n) is 16.5. The van der Waals surface area contributed by atoms with Gasteiger partial charge in [0, 0.05) is 13.0 Å². The Balaban J connectivity index is 1.41. The molecule has 1 amide bonds. The van der Waals surface area contributed by atoms with Crippen molar-refractivity contribution in [3.8, 4) is 5.75 Å². The molecule has 4 rings (SSSR count). The van der Waals surface area contributed by atoms with Gasteiger partial charge in [-0.05, 0) is 29.7 Å². The number of benzene rings is 2. The van der Waals surface area contributed by atoms with Crippen LogP contribution in [0.15, 0.2) is 60.7 Å². The normalized spacial score (nSPS) is 14.3. The smallest absolute Gasteiger partial charge is 0.223 e. The average molecular weight is 391 g/mol. The van der Waals surface area contributed by atoms with E-state index in [-0.39, 0.29) is 5.91 Å². The van der Waals surface area contributed by atoms with E-state index in [9.17, 15) is 9.90 Å². The van der Waals surface area contributed by atoms with Crippen LogP contribution < -0.4 is 4.74 Å². The van der Waals surface area contributed by atoms with Crippen molar-refractivity contribution in [3.05, 3.63) is 83.2 Å². The van der Waals surface area contributed by atoms with Crippen LogP contribution in [0.2, 0.25) is 0 Å². The molecule has 0 radical (unpaired) electrons. The maximum Gasteiger partial charge on any atom is 0.223 e. The molecule has 2 heterocycles. The van der Waals surface area contributed by atoms with Gasteiger partial charge < -0.3 is 14.7 Å². The summed E-state index contributed by atoms with van der Waals surface area (Å²) in [7, 11) is 1.65. The predicted molar refractivity (Wildman–Crippen MR) is 109 cm³/mol. The number of fused-ring (bicyclic) bond motifs is 1. The van der Waals surface area contributed by atoms with Crippen LogP contribution in [-0.4, -0.2) is 39.3 Å². The Morgan fingerprint density at radius 2 is 1.90 bits per heavy atom. The van der Waals surface area contributed by atoms with Crippen LogP contribution in [0, 0.1) is 0 Å². The van der Waals surface area contributed by atoms with Gasteiger partial charge in [0.2, 0.25) is 5.91 Å². The first-order valence-corrected chi connectivity index (χ1v) is 9.85. The standard InChI is InChI=1S/C23H25N3O3/c1-29-21-10-6-5-7-17(21)11-12-22(27)25-13-14-26-19(16-25)15-20(24-26)23(28)18-8-3-2-4-9-18/h2-10,15,23,28H,11-14,16H2,1H3/t23-/m1/s1. The van der Waals surface area contributed by atoms with Crippen molar-refractivity contribution in [2.75, 3.05) is 13.7 Å². The summed E-state index contributed by atoms with van der Waals surface area (Å²) >= 11 is 0. The van der Waals surface area contributed by atoms with Crippen LogP contribution in [0.1, 0.15) is 35.0 Å². The lowest BCUT2D eigenvalue weighted by Crippen LogP contribution is -2.38. The highest BCUT2D eigenvalue weighted by Crippen LogP contribution is 2.24. The molecule has 0 aliphatic carbocycles. The van der Waals surface area contributed by atoms with Gasteiger partial charge in [-0.2, -0.15) is 5.10 Å². The minimum atomic E-state index is -0.760. The predicted octanol–water partition coefficient (Wildman–Crippen LogP) is 2.95. The van der Waals surface area contributed by atoms with Gasteiger partial charge in [-0.3, -0.25) is 9.48 Å². The van der Waals surface area contributed by atoms with Crippen LogP contribution >= 0.6 is 0 Å². The lowest BCUT2D eigenvalue weighted by Gasteiger charge is -2.27. The monoisotopic (exact) mass is 391 g/mol. The molecule has 0 fully saturated rings. The van der Waals surface area contributed by atoms with Gasteiger partial charge in [0.1, 0.15) is 11.9 Å². The maximum atomic E-state index is 12.7. The van der Waals surface area contributed by atoms with Crippen LogP contribution in [0.25, 0.3) is 0 Å². The van der Waals surface area contributed by atoms with Crippen LogP contribution in [0.5, 0.6) is 5.75 Å². The molecular weight excluding hydrogens is 366 g/mol. The van der Waals surface area contributed by atoms with Crippen molar-refractivity contribution in [1.82, 2.24) is 14.7 Å². The number of amides is 1. The van der Waals surface area contributed by atoms with Gasteiger partial charge in [-0.1, -0.05) is 48.5 Å². The van der Waals surface area contributed by atoms with E-state index in [2.05, 4.69) is 5.10 Å². The number of aliphatic hydroxyl groups excluding tert-OH is 1. The summed E-state index contributed by atoms with van der Waals surface area (Å²) in [6, 6.07) is 19.2. The summed E-state index contributed by atoms with van der Waals surface area (Å²) in [4.78, 5) is 14.6. The molecule has 150 valence electrons. The minimum absolute atomic E-state index is 0.119. The third-order valence-corrected chi connectivity index (χ3v) is 5.37. The molecule has 6 nitrogen and oxygen atoms in total. The number of nitrogens with zero attached hydrogens (tertiary/aromatic N) is 3. The van der Waals surface area contributed by atoms with E-state index >= 15 is 0 Å². The molecule has 2 aromatic carbocycles. The Labute approximate surface area is 170 Å². The second-order valence-corrected chi connectivity index (χ2v) is 7.22. The Morgan fingerprint density at radius 1 is 1.14 bits per heavy atom. The van der Waals surface area contributed by atoms with Crippen LogP contribution in [0.4, 0.5) is 0 Å². The summed E-state index contributed by atoms with van der Waals surface area (Å²) in [6.45, 7) is 1.77. The van der Waals surface area contributed by atoms with E-state index in [0.29, 0.717) is 38.2 Å². The molecule has 1 aliphatic rings. The van der Waals surface area contributed by atoms with E-state index < -0.39 is 6.10 Å². The highest BCUT2D eigenvalue weighted by molar-refractivity contribution is 5.76. The van der Waals surface area contributed by atoms with E-state index in [0.717, 1.165) is 22.6 Å². The number of aliphatic hydroxyl groups is 1. The fourth-order valence-electron chi connectivity index (χ4n) is 3.75. The molecule has 1 N–H and O–H groups in total. The molecule has 1 aromatic heterocycles. The number of rotatable bonds is 6. The molecule has 0 spiro atoms. The summed E-state index contributed by atoms with van der Waals surface area (Å²) in [5.41, 5.74) is 3.42. The van der Waals surface area contributed by atoms with Crippen molar-refractivity contribution < 1.29 is 14.6 Å². The van der Waals surface area contributed by atoms with E-state index in [1.54, 1.807) is 7.11 Å². The molecule has 29 heavy (non-hydrogen) atoms. The summed E-state index contributed by atoms with van der Waals surface area (Å²) in [5.74, 6) is 0.935. The van der Waals surface area contributed by atoms with Gasteiger partial charge in [-0.25, -0.2) is 0 Å². The highest BCUT2D eigenvalue weighted by Gasteiger charge is 2.24. The topological polar surface area (TPSA) is 67.6 Å². The Bertz CT molecular complexity index is 984. The number of hydrogen-bond acceptors (Lipinski definition) is 4. The number of carbonyl (C=O) groups is 1. The lowest BCUT2D eigenvalue weighted by atomic mass is 10.1. The molecule has 0 unspecified atom stereocenters. The third kappa shape index (κ3) is 4.17. The van der Waals surface area contributed by atoms with Crippen molar-refractivity contribution in [2.24, 2.45) is 0 Å². The van der Waals surface area contributed by atoms with Crippen molar-refractivity contribution >= 4 is 5.91 Å². The Kier molecular flexibility index (Phi) is 5.62. The number of aryl methyl sites for hydroxylation is 1. The van der Waals surface area contributed by atoms with Gasteiger partial charge in [0.15, 0.2) is 0 Å². The van der Waals surface area contributed by atoms with Crippen LogP contribution in [0.3, 0.4) is 0 Å². The summed E-state index contributed by atoms with van der Waals surface area (Å²) in [6.07, 6.45) is 0.328. The number of aromatic nitrogens is 2. The van der Waals surface area contributed by atoms with Gasteiger partial charge in [0.05, 0.1) is 31.6 Å². The number of ether oxygens (including phenoxy) is 1. The van der Waals surface area contributed by atoms with Gasteiger partial charge in [0.25, 0.3) is 0 Å². The zero-order valence-corrected chi connectivity index (χ0v) is 16.5. The largest absolute Gasteiger partial charge is 0.496 e. The van der Waals surface area contributed by atoms with Crippen molar-refractivity contribution in [2.45, 2.75) is 32.0 Å². The molecule has 1 aliphatic heterocycles. The molecule has 0 saturated carbocycles. The summed E-state index contributed by atoms with van der Waals surface area (Å²) < 4.78 is 7.27. The Morgan fingerprint density at radius 3 is 2.69 bits per heavy atom. The first-order valence-electron chi connectivity index (χ1n) is 9.85. The van der Waals surface area contributed by atoms with Crippen molar-refractivity contribution in [1.29, 1.82) is 0 Å². The molecule has 0 saturated heterocycles. The molecule has 6 heteroatoms. The SMILES string of the molecule is COc1ccccc1CCC(=O)N1CCn2nc([C@H](O)c3ccccc3)cc2C1. The first kappa shape index (κ1) is 19.2. The van der Waals surface area contributed by atoms with Crippen molar-refractivity contribution in [3.63, 3.8) is 0 Å². The zero-order chi connectivity index (χ0) is 20.2. The third-order valence-electron chi connectivity index (χ3n) is 5.37. The quantitative estimate of drug-likeness (QED) is 0.702. The van der Waals surface area contributed by atoms with E-state index in [1.807, 2.05) is 70.2 Å². The highest BCUT2D eigenvalue weighted by atomic mass is 16.5. The molecule has 3 aromatic rings. The summed E-state index contributed by atoms with van der Waals surface area (Å²) in [5, 5.41) is 15.2. The number of para-hydroxylation sites is 1. The fourth-order valence-corrected chi connectivity index (χ4v) is 3.75. The maximum absolute atomic E-state index is 12.7. The molecule has 1 atom stereocenters.